The molecule has 1 atom stereocenters. The van der Waals surface area contributed by atoms with Gasteiger partial charge in [0.1, 0.15) is 5.69 Å². The second kappa shape index (κ2) is 7.11. The van der Waals surface area contributed by atoms with Crippen LogP contribution in [0.1, 0.15) is 0 Å². The van der Waals surface area contributed by atoms with E-state index in [-0.39, 0.29) is 25.4 Å². The summed E-state index contributed by atoms with van der Waals surface area (Å²) in [7, 11) is -4.12. The van der Waals surface area contributed by atoms with E-state index in [9.17, 15) is 31.7 Å². The summed E-state index contributed by atoms with van der Waals surface area (Å²) in [5.74, 6) is 0. The van der Waals surface area contributed by atoms with E-state index in [1.807, 2.05) is 0 Å². The van der Waals surface area contributed by atoms with Gasteiger partial charge >= 0.3 is 6.30 Å². The molecule has 0 spiro atoms. The monoisotopic (exact) mass is 384 g/mol. The molecule has 0 aromatic heterocycles. The molecule has 1 heterocycles. The number of hydrogen-bond acceptors (Lipinski definition) is 7. The minimum Gasteiger partial charge on any atom is -0.377 e. The molecule has 2 rings (SSSR count). The number of sulfonamides is 1. The van der Waals surface area contributed by atoms with E-state index in [1.165, 1.54) is 0 Å². The van der Waals surface area contributed by atoms with Gasteiger partial charge in [-0.2, -0.15) is 13.2 Å². The standard InChI is InChI=1S/C12H15F3N4O5S/c13-12(14,15)18-3-4-24-8(7-18)6-17-10-2-1-9(25(16,22)23)5-11(10)19(20)21/h1-2,5,8,17H,3-4,6-7H2,(H2,16,22,23). The molecule has 9 nitrogen and oxygen atoms in total. The second-order valence-electron chi connectivity index (χ2n) is 5.27. The van der Waals surface area contributed by atoms with Gasteiger partial charge in [-0.05, 0) is 12.1 Å². The summed E-state index contributed by atoms with van der Waals surface area (Å²) >= 11 is 0. The minimum absolute atomic E-state index is 0.0508. The Kier molecular flexibility index (Phi) is 5.51. The number of morpholine rings is 1. The number of anilines is 1. The van der Waals surface area contributed by atoms with E-state index in [2.05, 4.69) is 5.32 Å². The lowest BCUT2D eigenvalue weighted by molar-refractivity contribution is -0.384. The number of rotatable bonds is 5. The highest BCUT2D eigenvalue weighted by atomic mass is 32.2. The molecule has 1 unspecified atom stereocenters. The average molecular weight is 384 g/mol. The Bertz CT molecular complexity index is 756. The number of alkyl halides is 3. The van der Waals surface area contributed by atoms with Crippen molar-refractivity contribution in [3.05, 3.63) is 28.3 Å². The molecular weight excluding hydrogens is 369 g/mol. The van der Waals surface area contributed by atoms with Gasteiger partial charge in [0.2, 0.25) is 10.0 Å². The number of nitrogens with zero attached hydrogens (tertiary/aromatic N) is 2. The molecular formula is C12H15F3N4O5S. The van der Waals surface area contributed by atoms with Crippen molar-refractivity contribution in [2.45, 2.75) is 17.3 Å². The Morgan fingerprint density at radius 3 is 2.68 bits per heavy atom. The first-order chi connectivity index (χ1) is 11.5. The molecule has 1 aromatic carbocycles. The Morgan fingerprint density at radius 2 is 2.12 bits per heavy atom. The highest BCUT2D eigenvalue weighted by Gasteiger charge is 2.40. The summed E-state index contributed by atoms with van der Waals surface area (Å²) in [6, 6.07) is 2.97. The summed E-state index contributed by atoms with van der Waals surface area (Å²) in [4.78, 5) is 10.1. The second-order valence-corrected chi connectivity index (χ2v) is 6.83. The number of nitro benzene ring substituents is 1. The molecule has 140 valence electrons. The first-order valence-corrected chi connectivity index (χ1v) is 8.51. The lowest BCUT2D eigenvalue weighted by Gasteiger charge is -2.34. The van der Waals surface area contributed by atoms with Gasteiger partial charge in [-0.3, -0.25) is 10.1 Å². The molecule has 25 heavy (non-hydrogen) atoms. The van der Waals surface area contributed by atoms with Crippen LogP contribution in [-0.4, -0.2) is 56.9 Å². The fourth-order valence-corrected chi connectivity index (χ4v) is 2.82. The van der Waals surface area contributed by atoms with Crippen molar-refractivity contribution >= 4 is 21.4 Å². The van der Waals surface area contributed by atoms with Gasteiger partial charge in [-0.1, -0.05) is 0 Å². The topological polar surface area (TPSA) is 128 Å². The maximum atomic E-state index is 12.7. The molecule has 0 radical (unpaired) electrons. The van der Waals surface area contributed by atoms with Crippen LogP contribution in [0.4, 0.5) is 24.5 Å². The van der Waals surface area contributed by atoms with Gasteiger partial charge in [-0.15, -0.1) is 0 Å². The van der Waals surface area contributed by atoms with Gasteiger partial charge in [0.15, 0.2) is 0 Å². The van der Waals surface area contributed by atoms with Crippen molar-refractivity contribution in [3.63, 3.8) is 0 Å². The van der Waals surface area contributed by atoms with E-state index in [0.717, 1.165) is 18.2 Å². The third-order valence-electron chi connectivity index (χ3n) is 3.51. The van der Waals surface area contributed by atoms with Crippen LogP contribution in [0.3, 0.4) is 0 Å². The Hall–Kier alpha value is -1.96. The number of hydrogen-bond donors (Lipinski definition) is 2. The van der Waals surface area contributed by atoms with Crippen LogP contribution in [0.25, 0.3) is 0 Å². The van der Waals surface area contributed by atoms with Crippen LogP contribution >= 0.6 is 0 Å². The van der Waals surface area contributed by atoms with Gasteiger partial charge in [0.05, 0.1) is 22.5 Å². The molecule has 1 aromatic rings. The molecule has 3 N–H and O–H groups in total. The van der Waals surface area contributed by atoms with Gasteiger partial charge in [0, 0.05) is 25.7 Å². The van der Waals surface area contributed by atoms with Gasteiger partial charge in [-0.25, -0.2) is 18.5 Å². The van der Waals surface area contributed by atoms with Crippen LogP contribution in [0, 0.1) is 10.1 Å². The zero-order valence-corrected chi connectivity index (χ0v) is 13.5. The molecule has 13 heteroatoms. The zero-order valence-electron chi connectivity index (χ0n) is 12.7. The summed E-state index contributed by atoms with van der Waals surface area (Å²) in [5.41, 5.74) is -0.611. The summed E-state index contributed by atoms with van der Waals surface area (Å²) in [6.07, 6.45) is -5.32. The molecule has 1 aliphatic heterocycles. The third-order valence-corrected chi connectivity index (χ3v) is 4.42. The number of nitrogens with two attached hydrogens (primary N) is 1. The third kappa shape index (κ3) is 5.01. The highest BCUT2D eigenvalue weighted by Crippen LogP contribution is 2.28. The fourth-order valence-electron chi connectivity index (χ4n) is 2.29. The van der Waals surface area contributed by atoms with Crippen molar-refractivity contribution in [3.8, 4) is 0 Å². The predicted molar refractivity (Wildman–Crippen MR) is 80.3 cm³/mol. The van der Waals surface area contributed by atoms with E-state index in [1.54, 1.807) is 0 Å². The number of ether oxygens (including phenoxy) is 1. The minimum atomic E-state index is -4.48. The van der Waals surface area contributed by atoms with Crippen LogP contribution in [0.2, 0.25) is 0 Å². The molecule has 0 saturated carbocycles. The molecule has 0 amide bonds. The number of nitrogens with one attached hydrogen (secondary N) is 1. The SMILES string of the molecule is NS(=O)(=O)c1ccc(NCC2CN(C(F)(F)F)CCO2)c([N+](=O)[O-])c1. The largest absolute Gasteiger partial charge is 0.460 e. The van der Waals surface area contributed by atoms with E-state index < -0.39 is 44.5 Å². The van der Waals surface area contributed by atoms with Crippen LogP contribution in [-0.2, 0) is 14.8 Å². The van der Waals surface area contributed by atoms with Crippen molar-refractivity contribution in [2.24, 2.45) is 5.14 Å². The van der Waals surface area contributed by atoms with Crippen molar-refractivity contribution < 1.29 is 31.2 Å². The molecule has 0 bridgehead atoms. The normalized spacial score (nSPS) is 19.6. The first-order valence-electron chi connectivity index (χ1n) is 6.97. The van der Waals surface area contributed by atoms with E-state index in [0.29, 0.717) is 4.90 Å². The maximum Gasteiger partial charge on any atom is 0.460 e. The highest BCUT2D eigenvalue weighted by molar-refractivity contribution is 7.89. The Balaban J connectivity index is 2.11. The van der Waals surface area contributed by atoms with Gasteiger partial charge < -0.3 is 10.1 Å². The van der Waals surface area contributed by atoms with Crippen LogP contribution < -0.4 is 10.5 Å². The lowest BCUT2D eigenvalue weighted by atomic mass is 10.2. The fraction of sp³-hybridized carbons (Fsp3) is 0.500. The summed E-state index contributed by atoms with van der Waals surface area (Å²) in [6.45, 7) is -0.955. The van der Waals surface area contributed by atoms with Crippen molar-refractivity contribution in [2.75, 3.05) is 31.6 Å². The number of primary sulfonamides is 1. The number of benzene rings is 1. The Labute approximate surface area is 140 Å². The smallest absolute Gasteiger partial charge is 0.377 e. The van der Waals surface area contributed by atoms with E-state index >= 15 is 0 Å². The van der Waals surface area contributed by atoms with Crippen LogP contribution in [0.15, 0.2) is 23.1 Å². The maximum absolute atomic E-state index is 12.7. The average Bonchev–Trinajstić information content (AvgIpc) is 2.51. The summed E-state index contributed by atoms with van der Waals surface area (Å²) < 4.78 is 65.8. The molecule has 1 fully saturated rings. The molecule has 1 aliphatic rings. The van der Waals surface area contributed by atoms with Crippen molar-refractivity contribution in [1.29, 1.82) is 0 Å². The van der Waals surface area contributed by atoms with Gasteiger partial charge in [0.25, 0.3) is 5.69 Å². The number of nitro groups is 1. The quantitative estimate of drug-likeness (QED) is 0.438. The summed E-state index contributed by atoms with van der Waals surface area (Å²) in [5, 5.41) is 18.6. The van der Waals surface area contributed by atoms with Crippen LogP contribution in [0.5, 0.6) is 0 Å². The Morgan fingerprint density at radius 1 is 1.44 bits per heavy atom. The first kappa shape index (κ1) is 19.4. The predicted octanol–water partition coefficient (Wildman–Crippen LogP) is 0.875. The zero-order chi connectivity index (χ0) is 18.8. The van der Waals surface area contributed by atoms with Crippen molar-refractivity contribution in [1.82, 2.24) is 4.90 Å². The number of halogens is 3. The molecule has 0 aliphatic carbocycles. The molecule has 1 saturated heterocycles. The van der Waals surface area contributed by atoms with E-state index in [4.69, 9.17) is 9.88 Å². The lowest BCUT2D eigenvalue weighted by Crippen LogP contribution is -2.51.